The van der Waals surface area contributed by atoms with Gasteiger partial charge in [-0.1, -0.05) is 101 Å². The van der Waals surface area contributed by atoms with E-state index in [9.17, 15) is 10.1 Å². The minimum Gasteiger partial charge on any atom is -0.461 e. The van der Waals surface area contributed by atoms with E-state index in [1.807, 2.05) is 56.3 Å². The molecule has 0 aliphatic carbocycles. The van der Waals surface area contributed by atoms with Crippen LogP contribution in [0.4, 0.5) is 0 Å². The summed E-state index contributed by atoms with van der Waals surface area (Å²) < 4.78 is 5.61. The molecule has 0 fully saturated rings. The largest absolute Gasteiger partial charge is 0.461 e. The number of unbranched alkanes of at least 4 members (excludes halogenated alkanes) is 1. The van der Waals surface area contributed by atoms with Gasteiger partial charge in [0.15, 0.2) is 0 Å². The third kappa shape index (κ3) is 7.87. The Labute approximate surface area is 182 Å². The molecule has 1 aromatic rings. The maximum atomic E-state index is 13.0. The molecule has 0 amide bonds. The van der Waals surface area contributed by atoms with Gasteiger partial charge in [0.25, 0.3) is 0 Å². The van der Waals surface area contributed by atoms with Crippen LogP contribution in [0.2, 0.25) is 0 Å². The summed E-state index contributed by atoms with van der Waals surface area (Å²) >= 11 is 0. The van der Waals surface area contributed by atoms with E-state index in [2.05, 4.69) is 26.5 Å². The van der Waals surface area contributed by atoms with E-state index >= 15 is 0 Å². The fraction of sp³-hybridized carbons (Fsp3) is 0.407. The fourth-order valence-corrected chi connectivity index (χ4v) is 3.14. The molecule has 0 saturated carbocycles. The summed E-state index contributed by atoms with van der Waals surface area (Å²) in [6.07, 6.45) is 12.5. The maximum Gasteiger partial charge on any atom is 0.349 e. The van der Waals surface area contributed by atoms with E-state index in [1.54, 1.807) is 6.08 Å². The summed E-state index contributed by atoms with van der Waals surface area (Å²) in [5, 5.41) is 9.90. The van der Waals surface area contributed by atoms with E-state index in [1.165, 1.54) is 0 Å². The van der Waals surface area contributed by atoms with Gasteiger partial charge in [0.1, 0.15) is 11.6 Å². The second-order valence-corrected chi connectivity index (χ2v) is 7.41. The van der Waals surface area contributed by atoms with Gasteiger partial charge in [-0.15, -0.1) is 0 Å². The van der Waals surface area contributed by atoms with Crippen molar-refractivity contribution in [2.75, 3.05) is 6.61 Å². The maximum absolute atomic E-state index is 13.0. The summed E-state index contributed by atoms with van der Waals surface area (Å²) in [7, 11) is 0. The van der Waals surface area contributed by atoms with Gasteiger partial charge in [-0.2, -0.15) is 5.26 Å². The van der Waals surface area contributed by atoms with Crippen LogP contribution in [0.1, 0.15) is 64.0 Å². The van der Waals surface area contributed by atoms with Crippen LogP contribution in [-0.4, -0.2) is 12.6 Å². The molecule has 0 saturated heterocycles. The smallest absolute Gasteiger partial charge is 0.349 e. The van der Waals surface area contributed by atoms with Crippen molar-refractivity contribution in [3.05, 3.63) is 77.4 Å². The van der Waals surface area contributed by atoms with Crippen molar-refractivity contribution in [2.45, 2.75) is 59.8 Å². The van der Waals surface area contributed by atoms with Crippen LogP contribution in [0.3, 0.4) is 0 Å². The molecule has 3 nitrogen and oxygen atoms in total. The van der Waals surface area contributed by atoms with E-state index in [0.29, 0.717) is 18.1 Å². The van der Waals surface area contributed by atoms with E-state index in [4.69, 9.17) is 4.74 Å². The van der Waals surface area contributed by atoms with E-state index in [-0.39, 0.29) is 5.57 Å². The van der Waals surface area contributed by atoms with Crippen LogP contribution >= 0.6 is 0 Å². The zero-order chi connectivity index (χ0) is 22.4. The molecular formula is C27H35NO2. The van der Waals surface area contributed by atoms with Gasteiger partial charge in [0, 0.05) is 5.57 Å². The number of carbonyl (C=O) groups excluding carboxylic acids is 1. The zero-order valence-corrected chi connectivity index (χ0v) is 18.9. The number of allylic oxidation sites excluding steroid dienone is 6. The minimum absolute atomic E-state index is 0.0260. The number of ether oxygens (including phenoxy) is 1. The predicted molar refractivity (Wildman–Crippen MR) is 126 cm³/mol. The monoisotopic (exact) mass is 405 g/mol. The summed E-state index contributed by atoms with van der Waals surface area (Å²) in [5.41, 5.74) is 3.29. The number of hydrogen-bond donors (Lipinski definition) is 0. The Morgan fingerprint density at radius 1 is 1.23 bits per heavy atom. The molecular weight excluding hydrogens is 370 g/mol. The number of esters is 1. The Morgan fingerprint density at radius 2 is 1.93 bits per heavy atom. The Morgan fingerprint density at radius 3 is 2.47 bits per heavy atom. The molecule has 0 aliphatic rings. The third-order valence-corrected chi connectivity index (χ3v) is 5.02. The van der Waals surface area contributed by atoms with Crippen molar-refractivity contribution in [2.24, 2.45) is 5.92 Å². The second kappa shape index (κ2) is 14.2. The summed E-state index contributed by atoms with van der Waals surface area (Å²) in [6.45, 7) is 12.4. The van der Waals surface area contributed by atoms with Gasteiger partial charge < -0.3 is 4.74 Å². The number of hydrogen-bond acceptors (Lipinski definition) is 3. The normalized spacial score (nSPS) is 13.5. The standard InChI is InChI=1S/C27H35NO2/c1-6-10-13-22(9-4)20-30-27(29)25(19-28)26(23(12-8-3)14-11-7-2)24-17-15-21(5)16-18-24/h8,11-12,14-18,22H,3,6-7,9-10,13,20H2,1-2,4-5H3/b14-11-,23-12+,26-25+. The molecule has 30 heavy (non-hydrogen) atoms. The Bertz CT molecular complexity index is 819. The molecule has 0 aliphatic heterocycles. The van der Waals surface area contributed by atoms with Crippen LogP contribution in [0.5, 0.6) is 0 Å². The quantitative estimate of drug-likeness (QED) is 0.161. The number of benzene rings is 1. The molecule has 3 heteroatoms. The molecule has 0 aromatic heterocycles. The van der Waals surface area contributed by atoms with E-state index < -0.39 is 5.97 Å². The van der Waals surface area contributed by atoms with Gasteiger partial charge in [0.05, 0.1) is 6.61 Å². The first-order valence-corrected chi connectivity index (χ1v) is 10.9. The molecule has 1 unspecified atom stereocenters. The molecule has 0 heterocycles. The van der Waals surface area contributed by atoms with Crippen LogP contribution in [0.25, 0.3) is 5.57 Å². The number of carbonyl (C=O) groups is 1. The lowest BCUT2D eigenvalue weighted by Gasteiger charge is -2.16. The Kier molecular flexibility index (Phi) is 11.9. The highest BCUT2D eigenvalue weighted by atomic mass is 16.5. The molecule has 0 bridgehead atoms. The van der Waals surface area contributed by atoms with Crippen molar-refractivity contribution >= 4 is 11.5 Å². The highest BCUT2D eigenvalue weighted by molar-refractivity contribution is 6.06. The summed E-state index contributed by atoms with van der Waals surface area (Å²) in [6, 6.07) is 9.93. The number of aryl methyl sites for hydroxylation is 1. The molecule has 0 N–H and O–H groups in total. The van der Waals surface area contributed by atoms with Gasteiger partial charge in [-0.3, -0.25) is 0 Å². The topological polar surface area (TPSA) is 50.1 Å². The zero-order valence-electron chi connectivity index (χ0n) is 18.9. The molecule has 0 radical (unpaired) electrons. The molecule has 0 spiro atoms. The lowest BCUT2D eigenvalue weighted by atomic mass is 9.91. The lowest BCUT2D eigenvalue weighted by Crippen LogP contribution is -2.16. The molecule has 1 aromatic carbocycles. The van der Waals surface area contributed by atoms with Crippen molar-refractivity contribution in [3.8, 4) is 6.07 Å². The number of nitrogens with zero attached hydrogens (tertiary/aromatic N) is 1. The average Bonchev–Trinajstić information content (AvgIpc) is 2.76. The van der Waals surface area contributed by atoms with Crippen molar-refractivity contribution in [3.63, 3.8) is 0 Å². The summed E-state index contributed by atoms with van der Waals surface area (Å²) in [4.78, 5) is 13.0. The second-order valence-electron chi connectivity index (χ2n) is 7.41. The predicted octanol–water partition coefficient (Wildman–Crippen LogP) is 7.11. The van der Waals surface area contributed by atoms with Crippen LogP contribution in [0.15, 0.2) is 66.3 Å². The lowest BCUT2D eigenvalue weighted by molar-refractivity contribution is -0.139. The minimum atomic E-state index is -0.567. The van der Waals surface area contributed by atoms with Crippen LogP contribution in [-0.2, 0) is 9.53 Å². The molecule has 1 atom stereocenters. The van der Waals surface area contributed by atoms with Crippen LogP contribution in [0, 0.1) is 24.2 Å². The van der Waals surface area contributed by atoms with Gasteiger partial charge >= 0.3 is 5.97 Å². The highest BCUT2D eigenvalue weighted by Gasteiger charge is 2.21. The van der Waals surface area contributed by atoms with Crippen LogP contribution < -0.4 is 0 Å². The average molecular weight is 406 g/mol. The Balaban J connectivity index is 3.40. The molecule has 160 valence electrons. The van der Waals surface area contributed by atoms with Gasteiger partial charge in [0.2, 0.25) is 0 Å². The highest BCUT2D eigenvalue weighted by Crippen LogP contribution is 2.29. The first-order valence-electron chi connectivity index (χ1n) is 10.9. The fourth-order valence-electron chi connectivity index (χ4n) is 3.14. The SMILES string of the molecule is C=C/C=C(\C=C/CC)C(=C(/C#N)C(=O)OCC(CC)CCCC)/c1ccc(C)cc1. The van der Waals surface area contributed by atoms with Gasteiger partial charge in [-0.05, 0) is 36.8 Å². The number of nitriles is 1. The van der Waals surface area contributed by atoms with E-state index in [0.717, 1.165) is 48.8 Å². The summed E-state index contributed by atoms with van der Waals surface area (Å²) in [5.74, 6) is -0.247. The molecule has 1 rings (SSSR count). The van der Waals surface area contributed by atoms with Crippen molar-refractivity contribution < 1.29 is 9.53 Å². The third-order valence-electron chi connectivity index (χ3n) is 5.02. The van der Waals surface area contributed by atoms with Gasteiger partial charge in [-0.25, -0.2) is 4.79 Å². The van der Waals surface area contributed by atoms with Crippen molar-refractivity contribution in [1.29, 1.82) is 5.26 Å². The number of rotatable bonds is 12. The van der Waals surface area contributed by atoms with Crippen molar-refractivity contribution in [1.82, 2.24) is 0 Å². The Hall–Kier alpha value is -2.86. The first kappa shape index (κ1) is 25.2. The first-order chi connectivity index (χ1) is 14.5.